The summed E-state index contributed by atoms with van der Waals surface area (Å²) in [6.07, 6.45) is 3.75. The summed E-state index contributed by atoms with van der Waals surface area (Å²) >= 11 is 0. The summed E-state index contributed by atoms with van der Waals surface area (Å²) in [5.74, 6) is -1.07. The van der Waals surface area contributed by atoms with Crippen LogP contribution >= 0.6 is 0 Å². The Balaban J connectivity index is 1.36. The van der Waals surface area contributed by atoms with Gasteiger partial charge < -0.3 is 10.1 Å². The van der Waals surface area contributed by atoms with Gasteiger partial charge in [-0.1, -0.05) is 42.0 Å². The summed E-state index contributed by atoms with van der Waals surface area (Å²) in [5.41, 5.74) is 3.28. The predicted octanol–water partition coefficient (Wildman–Crippen LogP) is 2.89. The Labute approximate surface area is 188 Å². The van der Waals surface area contributed by atoms with Gasteiger partial charge in [0.15, 0.2) is 6.61 Å². The van der Waals surface area contributed by atoms with E-state index in [-0.39, 0.29) is 23.4 Å². The molecule has 170 valence electrons. The Hall–Kier alpha value is -2.71. The highest BCUT2D eigenvalue weighted by Gasteiger charge is 2.40. The van der Waals surface area contributed by atoms with Gasteiger partial charge in [-0.2, -0.15) is 4.31 Å². The second-order valence-electron chi connectivity index (χ2n) is 8.41. The lowest BCUT2D eigenvalue weighted by Gasteiger charge is -2.26. The van der Waals surface area contributed by atoms with Crippen LogP contribution in [-0.2, 0) is 30.8 Å². The van der Waals surface area contributed by atoms with E-state index < -0.39 is 28.6 Å². The van der Waals surface area contributed by atoms with Crippen LogP contribution in [0, 0.1) is 6.92 Å². The van der Waals surface area contributed by atoms with Crippen LogP contribution in [0.5, 0.6) is 0 Å². The van der Waals surface area contributed by atoms with Crippen molar-refractivity contribution in [3.05, 3.63) is 65.2 Å². The quantitative estimate of drug-likeness (QED) is 0.675. The summed E-state index contributed by atoms with van der Waals surface area (Å²) in [4.78, 5) is 25.3. The number of fused-ring (bicyclic) bond motifs is 1. The topological polar surface area (TPSA) is 92.8 Å². The number of carbonyl (C=O) groups is 2. The molecular formula is C24H28N2O5S. The first kappa shape index (κ1) is 22.5. The average molecular weight is 457 g/mol. The van der Waals surface area contributed by atoms with Gasteiger partial charge in [-0.3, -0.25) is 9.59 Å². The molecule has 0 aromatic heterocycles. The summed E-state index contributed by atoms with van der Waals surface area (Å²) in [5, 5.41) is 2.95. The van der Waals surface area contributed by atoms with Gasteiger partial charge in [0.05, 0.1) is 10.9 Å². The highest BCUT2D eigenvalue weighted by molar-refractivity contribution is 7.89. The van der Waals surface area contributed by atoms with Gasteiger partial charge in [0, 0.05) is 6.54 Å². The number of nitrogens with one attached hydrogen (secondary N) is 1. The summed E-state index contributed by atoms with van der Waals surface area (Å²) in [6.45, 7) is 1.71. The Kier molecular flexibility index (Phi) is 6.62. The van der Waals surface area contributed by atoms with Gasteiger partial charge in [0.1, 0.15) is 6.04 Å². The summed E-state index contributed by atoms with van der Waals surface area (Å²) in [7, 11) is -3.81. The number of rotatable bonds is 6. The normalized spacial score (nSPS) is 21.0. The molecule has 1 fully saturated rings. The molecule has 2 aromatic rings. The number of aryl methyl sites for hydroxylation is 2. The van der Waals surface area contributed by atoms with Crippen LogP contribution in [0.1, 0.15) is 48.4 Å². The van der Waals surface area contributed by atoms with Crippen molar-refractivity contribution in [2.24, 2.45) is 0 Å². The number of nitrogens with zero attached hydrogens (tertiary/aromatic N) is 1. The van der Waals surface area contributed by atoms with Crippen LogP contribution in [0.25, 0.3) is 0 Å². The number of sulfonamides is 1. The van der Waals surface area contributed by atoms with Crippen LogP contribution in [0.4, 0.5) is 0 Å². The molecule has 1 heterocycles. The smallest absolute Gasteiger partial charge is 0.324 e. The van der Waals surface area contributed by atoms with Crippen molar-refractivity contribution in [3.63, 3.8) is 0 Å². The third-order valence-corrected chi connectivity index (χ3v) is 8.08. The summed E-state index contributed by atoms with van der Waals surface area (Å²) < 4.78 is 32.5. The van der Waals surface area contributed by atoms with Crippen LogP contribution in [0.3, 0.4) is 0 Å². The molecule has 1 aliphatic heterocycles. The highest BCUT2D eigenvalue weighted by Crippen LogP contribution is 2.30. The molecule has 1 aliphatic carbocycles. The molecule has 8 heteroatoms. The van der Waals surface area contributed by atoms with Crippen molar-refractivity contribution in [2.45, 2.75) is 56.0 Å². The lowest BCUT2D eigenvalue weighted by atomic mass is 9.88. The van der Waals surface area contributed by atoms with Crippen LogP contribution in [-0.4, -0.2) is 43.8 Å². The largest absolute Gasteiger partial charge is 0.454 e. The molecule has 7 nitrogen and oxygen atoms in total. The van der Waals surface area contributed by atoms with Crippen molar-refractivity contribution < 1.29 is 22.7 Å². The highest BCUT2D eigenvalue weighted by atomic mass is 32.2. The number of carbonyl (C=O) groups excluding carboxylic acids is 2. The maximum absolute atomic E-state index is 13.0. The first-order valence-corrected chi connectivity index (χ1v) is 12.4. The number of amides is 1. The second-order valence-corrected chi connectivity index (χ2v) is 10.3. The third kappa shape index (κ3) is 4.71. The maximum atomic E-state index is 13.0. The Morgan fingerprint density at radius 1 is 1.06 bits per heavy atom. The molecule has 2 aliphatic rings. The minimum Gasteiger partial charge on any atom is -0.454 e. The van der Waals surface area contributed by atoms with Crippen LogP contribution in [0.15, 0.2) is 53.4 Å². The average Bonchev–Trinajstić information content (AvgIpc) is 3.29. The SMILES string of the molecule is Cc1ccc(S(=O)(=O)N2CCCC2C(=O)OCC(=O)NC2CCCc3ccccc32)cc1. The molecule has 1 N–H and O–H groups in total. The number of esters is 1. The lowest BCUT2D eigenvalue weighted by Crippen LogP contribution is -2.42. The number of hydrogen-bond acceptors (Lipinski definition) is 5. The minimum absolute atomic E-state index is 0.101. The standard InChI is InChI=1S/C24H28N2O5S/c1-17-11-13-19(14-12-17)32(29,30)26-15-5-10-22(26)24(28)31-16-23(27)25-21-9-4-7-18-6-2-3-8-20(18)21/h2-3,6,8,11-14,21-22H,4-5,7,9-10,15-16H2,1H3,(H,25,27). The summed E-state index contributed by atoms with van der Waals surface area (Å²) in [6, 6.07) is 13.5. The van der Waals surface area contributed by atoms with E-state index in [1.807, 2.05) is 25.1 Å². The number of ether oxygens (including phenoxy) is 1. The first-order chi connectivity index (χ1) is 15.4. The zero-order valence-corrected chi connectivity index (χ0v) is 18.9. The molecule has 1 amide bonds. The van der Waals surface area contributed by atoms with Crippen molar-refractivity contribution >= 4 is 21.9 Å². The molecule has 2 unspecified atom stereocenters. The second kappa shape index (κ2) is 9.42. The van der Waals surface area contributed by atoms with Crippen molar-refractivity contribution in [3.8, 4) is 0 Å². The van der Waals surface area contributed by atoms with E-state index >= 15 is 0 Å². The van der Waals surface area contributed by atoms with Gasteiger partial charge in [-0.25, -0.2) is 8.42 Å². The Morgan fingerprint density at radius 3 is 2.59 bits per heavy atom. The first-order valence-electron chi connectivity index (χ1n) is 11.0. The molecule has 0 spiro atoms. The van der Waals surface area contributed by atoms with E-state index in [1.165, 1.54) is 9.87 Å². The van der Waals surface area contributed by atoms with Gasteiger partial charge >= 0.3 is 5.97 Å². The molecule has 0 bridgehead atoms. The van der Waals surface area contributed by atoms with E-state index in [2.05, 4.69) is 11.4 Å². The minimum atomic E-state index is -3.81. The van der Waals surface area contributed by atoms with Crippen molar-refractivity contribution in [1.82, 2.24) is 9.62 Å². The molecular weight excluding hydrogens is 428 g/mol. The molecule has 0 saturated carbocycles. The van der Waals surface area contributed by atoms with E-state index in [0.29, 0.717) is 12.8 Å². The van der Waals surface area contributed by atoms with Crippen molar-refractivity contribution in [2.75, 3.05) is 13.2 Å². The fourth-order valence-corrected chi connectivity index (χ4v) is 6.13. The lowest BCUT2D eigenvalue weighted by molar-refractivity contribution is -0.151. The monoisotopic (exact) mass is 456 g/mol. The zero-order chi connectivity index (χ0) is 22.7. The van der Waals surface area contributed by atoms with Crippen LogP contribution < -0.4 is 5.32 Å². The molecule has 2 aromatic carbocycles. The van der Waals surface area contributed by atoms with E-state index in [4.69, 9.17) is 4.74 Å². The molecule has 2 atom stereocenters. The maximum Gasteiger partial charge on any atom is 0.324 e. The van der Waals surface area contributed by atoms with E-state index in [1.54, 1.807) is 24.3 Å². The molecule has 1 saturated heterocycles. The van der Waals surface area contributed by atoms with Gasteiger partial charge in [0.2, 0.25) is 10.0 Å². The van der Waals surface area contributed by atoms with Crippen molar-refractivity contribution in [1.29, 1.82) is 0 Å². The third-order valence-electron chi connectivity index (χ3n) is 6.15. The predicted molar refractivity (Wildman–Crippen MR) is 119 cm³/mol. The van der Waals surface area contributed by atoms with Gasteiger partial charge in [0.25, 0.3) is 5.91 Å². The fraction of sp³-hybridized carbons (Fsp3) is 0.417. The molecule has 0 radical (unpaired) electrons. The van der Waals surface area contributed by atoms with Crippen LogP contribution in [0.2, 0.25) is 0 Å². The number of benzene rings is 2. The van der Waals surface area contributed by atoms with E-state index in [9.17, 15) is 18.0 Å². The van der Waals surface area contributed by atoms with Gasteiger partial charge in [-0.15, -0.1) is 0 Å². The Bertz CT molecular complexity index is 1100. The number of hydrogen-bond donors (Lipinski definition) is 1. The fourth-order valence-electron chi connectivity index (χ4n) is 4.48. The zero-order valence-electron chi connectivity index (χ0n) is 18.1. The Morgan fingerprint density at radius 2 is 1.81 bits per heavy atom. The van der Waals surface area contributed by atoms with E-state index in [0.717, 1.165) is 30.4 Å². The van der Waals surface area contributed by atoms with Gasteiger partial charge in [-0.05, 0) is 62.3 Å². The molecule has 32 heavy (non-hydrogen) atoms. The molecule has 4 rings (SSSR count).